The molecule has 2 rings (SSSR count). The molecule has 0 aliphatic rings. The van der Waals surface area contributed by atoms with E-state index >= 15 is 0 Å². The van der Waals surface area contributed by atoms with Crippen LogP contribution in [0, 0.1) is 0 Å². The lowest BCUT2D eigenvalue weighted by molar-refractivity contribution is 0.0954. The molecule has 0 heterocycles. The van der Waals surface area contributed by atoms with Crippen LogP contribution in [0.2, 0.25) is 10.0 Å². The Balaban J connectivity index is 2.21. The van der Waals surface area contributed by atoms with Gasteiger partial charge in [0.1, 0.15) is 0 Å². The maximum absolute atomic E-state index is 12.3. The van der Waals surface area contributed by atoms with Crippen LogP contribution < -0.4 is 19.6 Å². The summed E-state index contributed by atoms with van der Waals surface area (Å²) in [5.41, 5.74) is 3.29. The topological polar surface area (TPSA) is 69.2 Å². The molecular formula is C17H16Cl2N2O4. The van der Waals surface area contributed by atoms with Crippen molar-refractivity contribution in [3.8, 4) is 17.2 Å². The predicted molar refractivity (Wildman–Crippen MR) is 97.6 cm³/mol. The van der Waals surface area contributed by atoms with Crippen LogP contribution in [0.4, 0.5) is 0 Å². The van der Waals surface area contributed by atoms with Gasteiger partial charge in [0.15, 0.2) is 11.5 Å². The molecule has 25 heavy (non-hydrogen) atoms. The van der Waals surface area contributed by atoms with E-state index in [4.69, 9.17) is 37.4 Å². The number of nitrogens with one attached hydrogen (secondary N) is 1. The summed E-state index contributed by atoms with van der Waals surface area (Å²) in [7, 11) is 4.43. The third-order valence-corrected chi connectivity index (χ3v) is 4.11. The van der Waals surface area contributed by atoms with Crippen LogP contribution in [0.25, 0.3) is 0 Å². The highest BCUT2D eigenvalue weighted by Gasteiger charge is 2.16. The summed E-state index contributed by atoms with van der Waals surface area (Å²) in [4.78, 5) is 12.3. The van der Waals surface area contributed by atoms with E-state index in [0.717, 1.165) is 0 Å². The number of rotatable bonds is 6. The van der Waals surface area contributed by atoms with E-state index in [1.54, 1.807) is 18.2 Å². The average molecular weight is 383 g/mol. The molecule has 8 heteroatoms. The second-order valence-electron chi connectivity index (χ2n) is 4.76. The zero-order chi connectivity index (χ0) is 18.4. The lowest BCUT2D eigenvalue weighted by Crippen LogP contribution is -2.18. The first-order valence-corrected chi connectivity index (χ1v) is 7.84. The second kappa shape index (κ2) is 8.60. The molecule has 0 aliphatic heterocycles. The van der Waals surface area contributed by atoms with Gasteiger partial charge >= 0.3 is 0 Å². The Kier molecular flexibility index (Phi) is 6.50. The smallest absolute Gasteiger partial charge is 0.271 e. The summed E-state index contributed by atoms with van der Waals surface area (Å²) in [6, 6.07) is 8.17. The minimum absolute atomic E-state index is 0.295. The standard InChI is InChI=1S/C17H16Cl2N2O4/c1-23-13-7-11(8-14(24-2)16(13)25-3)17(22)21-20-9-10-5-4-6-12(18)15(10)19/h4-9H,1-3H3,(H,21,22). The van der Waals surface area contributed by atoms with Crippen LogP contribution >= 0.6 is 23.2 Å². The molecule has 0 aromatic heterocycles. The van der Waals surface area contributed by atoms with Crippen molar-refractivity contribution in [2.45, 2.75) is 0 Å². The lowest BCUT2D eigenvalue weighted by Gasteiger charge is -2.13. The summed E-state index contributed by atoms with van der Waals surface area (Å²) in [6.07, 6.45) is 1.41. The van der Waals surface area contributed by atoms with Gasteiger partial charge in [0.05, 0.1) is 37.6 Å². The van der Waals surface area contributed by atoms with Gasteiger partial charge in [0.25, 0.3) is 5.91 Å². The molecule has 0 aliphatic carbocycles. The average Bonchev–Trinajstić information content (AvgIpc) is 2.63. The van der Waals surface area contributed by atoms with Gasteiger partial charge < -0.3 is 14.2 Å². The summed E-state index contributed by atoms with van der Waals surface area (Å²) >= 11 is 12.0. The number of hydrazone groups is 1. The molecule has 1 N–H and O–H groups in total. The molecule has 0 fully saturated rings. The number of methoxy groups -OCH3 is 3. The molecule has 132 valence electrons. The van der Waals surface area contributed by atoms with E-state index in [-0.39, 0.29) is 0 Å². The third-order valence-electron chi connectivity index (χ3n) is 3.28. The maximum atomic E-state index is 12.3. The third kappa shape index (κ3) is 4.35. The number of ether oxygens (including phenoxy) is 3. The van der Waals surface area contributed by atoms with E-state index in [9.17, 15) is 4.79 Å². The Morgan fingerprint density at radius 3 is 2.28 bits per heavy atom. The van der Waals surface area contributed by atoms with Crippen molar-refractivity contribution >= 4 is 35.3 Å². The molecule has 0 saturated heterocycles. The summed E-state index contributed by atoms with van der Waals surface area (Å²) in [6.45, 7) is 0. The quantitative estimate of drug-likeness (QED) is 0.609. The molecule has 0 atom stereocenters. The lowest BCUT2D eigenvalue weighted by atomic mass is 10.1. The molecule has 0 radical (unpaired) electrons. The molecule has 0 spiro atoms. The van der Waals surface area contributed by atoms with Crippen LogP contribution in [0.3, 0.4) is 0 Å². The van der Waals surface area contributed by atoms with Gasteiger partial charge in [0.2, 0.25) is 5.75 Å². The van der Waals surface area contributed by atoms with Crippen LogP contribution in [-0.2, 0) is 0 Å². The SMILES string of the molecule is COc1cc(C(=O)NN=Cc2cccc(Cl)c2Cl)cc(OC)c1OC. The highest BCUT2D eigenvalue weighted by molar-refractivity contribution is 6.43. The Labute approximate surface area is 155 Å². The predicted octanol–water partition coefficient (Wildman–Crippen LogP) is 3.78. The molecule has 2 aromatic carbocycles. The number of nitrogens with zero attached hydrogens (tertiary/aromatic N) is 1. The number of hydrogen-bond acceptors (Lipinski definition) is 5. The fourth-order valence-electron chi connectivity index (χ4n) is 2.06. The highest BCUT2D eigenvalue weighted by Crippen LogP contribution is 2.38. The first-order valence-electron chi connectivity index (χ1n) is 7.09. The van der Waals surface area contributed by atoms with Crippen LogP contribution in [0.5, 0.6) is 17.2 Å². The van der Waals surface area contributed by atoms with Crippen molar-refractivity contribution in [1.82, 2.24) is 5.43 Å². The van der Waals surface area contributed by atoms with E-state index in [0.29, 0.717) is 38.4 Å². The summed E-state index contributed by atoms with van der Waals surface area (Å²) in [5, 5.41) is 4.65. The van der Waals surface area contributed by atoms with Crippen LogP contribution in [-0.4, -0.2) is 33.5 Å². The van der Waals surface area contributed by atoms with Crippen molar-refractivity contribution < 1.29 is 19.0 Å². The van der Waals surface area contributed by atoms with E-state index in [1.165, 1.54) is 39.7 Å². The highest BCUT2D eigenvalue weighted by atomic mass is 35.5. The summed E-state index contributed by atoms with van der Waals surface area (Å²) in [5.74, 6) is 0.687. The minimum Gasteiger partial charge on any atom is -0.493 e. The first kappa shape index (κ1) is 18.9. The normalized spacial score (nSPS) is 10.6. The Bertz CT molecular complexity index is 784. The molecule has 0 bridgehead atoms. The van der Waals surface area contributed by atoms with Gasteiger partial charge in [-0.2, -0.15) is 5.10 Å². The van der Waals surface area contributed by atoms with E-state index in [2.05, 4.69) is 10.5 Å². The van der Waals surface area contributed by atoms with Crippen molar-refractivity contribution in [2.75, 3.05) is 21.3 Å². The van der Waals surface area contributed by atoms with Crippen molar-refractivity contribution in [1.29, 1.82) is 0 Å². The second-order valence-corrected chi connectivity index (χ2v) is 5.54. The molecule has 6 nitrogen and oxygen atoms in total. The number of carbonyl (C=O) groups is 1. The number of amides is 1. The minimum atomic E-state index is -0.450. The van der Waals surface area contributed by atoms with Gasteiger partial charge in [0, 0.05) is 11.1 Å². The first-order chi connectivity index (χ1) is 12.0. The molecular weight excluding hydrogens is 367 g/mol. The molecule has 0 unspecified atom stereocenters. The maximum Gasteiger partial charge on any atom is 0.271 e. The summed E-state index contributed by atoms with van der Waals surface area (Å²) < 4.78 is 15.7. The van der Waals surface area contributed by atoms with E-state index < -0.39 is 5.91 Å². The van der Waals surface area contributed by atoms with Crippen LogP contribution in [0.15, 0.2) is 35.4 Å². The van der Waals surface area contributed by atoms with Gasteiger partial charge in [-0.25, -0.2) is 5.43 Å². The fourth-order valence-corrected chi connectivity index (χ4v) is 2.41. The van der Waals surface area contributed by atoms with Gasteiger partial charge in [-0.05, 0) is 18.2 Å². The zero-order valence-electron chi connectivity index (χ0n) is 13.8. The van der Waals surface area contributed by atoms with E-state index in [1.807, 2.05) is 0 Å². The monoisotopic (exact) mass is 382 g/mol. The van der Waals surface area contributed by atoms with Crippen molar-refractivity contribution in [3.63, 3.8) is 0 Å². The number of halogens is 2. The largest absolute Gasteiger partial charge is 0.493 e. The van der Waals surface area contributed by atoms with Gasteiger partial charge in [-0.1, -0.05) is 35.3 Å². The zero-order valence-corrected chi connectivity index (χ0v) is 15.3. The van der Waals surface area contributed by atoms with Crippen LogP contribution in [0.1, 0.15) is 15.9 Å². The van der Waals surface area contributed by atoms with Crippen molar-refractivity contribution in [2.24, 2.45) is 5.10 Å². The number of benzene rings is 2. The van der Waals surface area contributed by atoms with Gasteiger partial charge in [-0.15, -0.1) is 0 Å². The van der Waals surface area contributed by atoms with Gasteiger partial charge in [-0.3, -0.25) is 4.79 Å². The molecule has 2 aromatic rings. The fraction of sp³-hybridized carbons (Fsp3) is 0.176. The number of hydrogen-bond donors (Lipinski definition) is 1. The molecule has 0 saturated carbocycles. The van der Waals surface area contributed by atoms with Crippen molar-refractivity contribution in [3.05, 3.63) is 51.5 Å². The number of carbonyl (C=O) groups excluding carboxylic acids is 1. The Morgan fingerprint density at radius 2 is 1.72 bits per heavy atom. The Morgan fingerprint density at radius 1 is 1.08 bits per heavy atom. The Hall–Kier alpha value is -2.44. The molecule has 1 amide bonds.